The summed E-state index contributed by atoms with van der Waals surface area (Å²) in [5, 5.41) is 21.8. The Bertz CT molecular complexity index is 1150. The molecule has 0 radical (unpaired) electrons. The van der Waals surface area contributed by atoms with Gasteiger partial charge in [0.15, 0.2) is 0 Å². The van der Waals surface area contributed by atoms with Crippen LogP contribution in [0.5, 0.6) is 0 Å². The Morgan fingerprint density at radius 1 is 1.11 bits per heavy atom. The van der Waals surface area contributed by atoms with Crippen LogP contribution in [-0.2, 0) is 0 Å². The van der Waals surface area contributed by atoms with Crippen molar-refractivity contribution in [3.05, 3.63) is 78.7 Å². The van der Waals surface area contributed by atoms with Crippen LogP contribution in [0, 0.1) is 17.8 Å². The number of carbonyl (C=O) groups is 1. The third-order valence-electron chi connectivity index (χ3n) is 8.80. The number of hydrogen-bond acceptors (Lipinski definition) is 5. The number of rotatable bonds is 5. The molecule has 2 aliphatic carbocycles. The monoisotopic (exact) mass is 499 g/mol. The van der Waals surface area contributed by atoms with Gasteiger partial charge in [0, 0.05) is 54.3 Å². The van der Waals surface area contributed by atoms with Crippen molar-refractivity contribution >= 4 is 17.4 Å². The normalized spacial score (nSPS) is 31.6. The molecular weight excluding hydrogens is 462 g/mol. The third kappa shape index (κ3) is 4.90. The molecule has 2 aliphatic heterocycles. The van der Waals surface area contributed by atoms with Gasteiger partial charge in [0.25, 0.3) is 0 Å². The number of nitrogens with one attached hydrogen (secondary N) is 3. The predicted molar refractivity (Wildman–Crippen MR) is 146 cm³/mol. The standard InChI is InChI=1S/C30H37N5O2/c36-29(23-13-5-7-15-26(23)34-30(37)32-21-11-8-17-31-19-21)35-18-16-24-27(20-9-2-1-3-10-20)33-25-14-6-4-12-22(25)28(24)35/h1-4,6,8-9,11-12,14,17,19-20,23-24,26-29,33,36H,5,7,10,13,15-16,18H2,(H2,32,34,37)/t20?,23-,24+,26?,27-,28-,29?/m0/s1. The van der Waals surface area contributed by atoms with Crippen molar-refractivity contribution < 1.29 is 9.90 Å². The van der Waals surface area contributed by atoms with Crippen LogP contribution in [0.3, 0.4) is 0 Å². The number of aliphatic hydroxyl groups excluding tert-OH is 1. The summed E-state index contributed by atoms with van der Waals surface area (Å²) in [5.74, 6) is 0.864. The predicted octanol–water partition coefficient (Wildman–Crippen LogP) is 5.07. The maximum absolute atomic E-state index is 12.8. The lowest BCUT2D eigenvalue weighted by Gasteiger charge is -2.46. The Balaban J connectivity index is 1.22. The van der Waals surface area contributed by atoms with Crippen molar-refractivity contribution in [3.63, 3.8) is 0 Å². The molecule has 7 nitrogen and oxygen atoms in total. The molecule has 3 heterocycles. The lowest BCUT2D eigenvalue weighted by atomic mass is 9.75. The molecular formula is C30H37N5O2. The second kappa shape index (κ2) is 10.7. The van der Waals surface area contributed by atoms with Gasteiger partial charge in [0.2, 0.25) is 0 Å². The minimum absolute atomic E-state index is 0.00911. The number of fused-ring (bicyclic) bond motifs is 3. The number of urea groups is 1. The molecule has 1 aromatic heterocycles. The highest BCUT2D eigenvalue weighted by atomic mass is 16.3. The van der Waals surface area contributed by atoms with E-state index < -0.39 is 6.23 Å². The molecule has 2 amide bonds. The Morgan fingerprint density at radius 3 is 2.84 bits per heavy atom. The van der Waals surface area contributed by atoms with Gasteiger partial charge in [-0.25, -0.2) is 4.79 Å². The Kier molecular flexibility index (Phi) is 6.98. The topological polar surface area (TPSA) is 89.5 Å². The summed E-state index contributed by atoms with van der Waals surface area (Å²) in [4.78, 5) is 19.2. The first-order valence-electron chi connectivity index (χ1n) is 13.8. The first-order valence-corrected chi connectivity index (χ1v) is 13.8. The van der Waals surface area contributed by atoms with E-state index in [1.807, 2.05) is 6.07 Å². The van der Waals surface area contributed by atoms with E-state index in [4.69, 9.17) is 0 Å². The quantitative estimate of drug-likeness (QED) is 0.461. The van der Waals surface area contributed by atoms with Gasteiger partial charge >= 0.3 is 6.03 Å². The van der Waals surface area contributed by atoms with E-state index in [9.17, 15) is 9.90 Å². The fourth-order valence-electron chi connectivity index (χ4n) is 7.10. The second-order valence-corrected chi connectivity index (χ2v) is 10.9. The van der Waals surface area contributed by atoms with Crippen LogP contribution in [0.15, 0.2) is 73.1 Å². The van der Waals surface area contributed by atoms with E-state index in [2.05, 4.69) is 74.4 Å². The zero-order valence-electron chi connectivity index (χ0n) is 21.2. The molecule has 1 aromatic carbocycles. The largest absolute Gasteiger partial charge is 0.381 e. The number of carbonyl (C=O) groups excluding carboxylic acids is 1. The molecule has 2 fully saturated rings. The number of amides is 2. The van der Waals surface area contributed by atoms with Gasteiger partial charge in [-0.05, 0) is 49.4 Å². The molecule has 1 saturated carbocycles. The number of anilines is 2. The van der Waals surface area contributed by atoms with Crippen LogP contribution in [0.4, 0.5) is 16.2 Å². The molecule has 6 rings (SSSR count). The highest BCUT2D eigenvalue weighted by Gasteiger charge is 2.49. The van der Waals surface area contributed by atoms with Crippen LogP contribution < -0.4 is 16.0 Å². The van der Waals surface area contributed by atoms with Crippen molar-refractivity contribution in [3.8, 4) is 0 Å². The highest BCUT2D eigenvalue weighted by Crippen LogP contribution is 2.50. The molecule has 7 atom stereocenters. The van der Waals surface area contributed by atoms with E-state index in [-0.39, 0.29) is 24.0 Å². The van der Waals surface area contributed by atoms with Gasteiger partial charge in [-0.2, -0.15) is 0 Å². The van der Waals surface area contributed by atoms with E-state index in [1.165, 1.54) is 11.3 Å². The summed E-state index contributed by atoms with van der Waals surface area (Å²) in [6.07, 6.45) is 17.6. The Morgan fingerprint density at radius 2 is 2.00 bits per heavy atom. The number of aromatic nitrogens is 1. The number of likely N-dealkylation sites (tertiary alicyclic amines) is 1. The fourth-order valence-corrected chi connectivity index (χ4v) is 7.10. The molecule has 4 aliphatic rings. The zero-order chi connectivity index (χ0) is 25.2. The summed E-state index contributed by atoms with van der Waals surface area (Å²) in [6.45, 7) is 0.861. The van der Waals surface area contributed by atoms with Gasteiger partial charge < -0.3 is 21.1 Å². The number of para-hydroxylation sites is 1. The van der Waals surface area contributed by atoms with Gasteiger partial charge in [-0.3, -0.25) is 9.88 Å². The van der Waals surface area contributed by atoms with Gasteiger partial charge in [0.1, 0.15) is 6.23 Å². The first-order chi connectivity index (χ1) is 18.2. The maximum atomic E-state index is 12.8. The summed E-state index contributed by atoms with van der Waals surface area (Å²) in [7, 11) is 0. The number of allylic oxidation sites excluding steroid dienone is 3. The van der Waals surface area contributed by atoms with Crippen molar-refractivity contribution in [2.24, 2.45) is 17.8 Å². The molecule has 4 N–H and O–H groups in total. The third-order valence-corrected chi connectivity index (χ3v) is 8.80. The molecule has 0 bridgehead atoms. The summed E-state index contributed by atoms with van der Waals surface area (Å²) in [6, 6.07) is 12.4. The van der Waals surface area contributed by atoms with Crippen molar-refractivity contribution in [1.82, 2.24) is 15.2 Å². The van der Waals surface area contributed by atoms with Crippen molar-refractivity contribution in [1.29, 1.82) is 0 Å². The molecule has 2 aromatic rings. The van der Waals surface area contributed by atoms with E-state index in [1.54, 1.807) is 18.5 Å². The number of aliphatic hydroxyl groups is 1. The number of nitrogens with zero attached hydrogens (tertiary/aromatic N) is 2. The van der Waals surface area contributed by atoms with Gasteiger partial charge in [-0.15, -0.1) is 0 Å². The van der Waals surface area contributed by atoms with Crippen LogP contribution >= 0.6 is 0 Å². The van der Waals surface area contributed by atoms with Crippen LogP contribution in [-0.4, -0.2) is 45.9 Å². The van der Waals surface area contributed by atoms with Crippen molar-refractivity contribution in [2.75, 3.05) is 17.2 Å². The Labute approximate surface area is 219 Å². The van der Waals surface area contributed by atoms with Crippen LogP contribution in [0.2, 0.25) is 0 Å². The minimum Gasteiger partial charge on any atom is -0.381 e. The molecule has 0 spiro atoms. The smallest absolute Gasteiger partial charge is 0.319 e. The van der Waals surface area contributed by atoms with E-state index in [0.29, 0.717) is 23.6 Å². The summed E-state index contributed by atoms with van der Waals surface area (Å²) in [5.41, 5.74) is 3.13. The van der Waals surface area contributed by atoms with E-state index in [0.717, 1.165) is 45.1 Å². The number of benzene rings is 1. The molecule has 1 saturated heterocycles. The Hall–Kier alpha value is -3.16. The van der Waals surface area contributed by atoms with Crippen molar-refractivity contribution in [2.45, 2.75) is 62.9 Å². The van der Waals surface area contributed by atoms with E-state index >= 15 is 0 Å². The zero-order valence-corrected chi connectivity index (χ0v) is 21.2. The average Bonchev–Trinajstić information content (AvgIpc) is 3.39. The number of pyridine rings is 1. The summed E-state index contributed by atoms with van der Waals surface area (Å²) < 4.78 is 0. The minimum atomic E-state index is -0.604. The van der Waals surface area contributed by atoms with Gasteiger partial charge in [0.05, 0.1) is 11.9 Å². The molecule has 194 valence electrons. The van der Waals surface area contributed by atoms with Gasteiger partial charge in [-0.1, -0.05) is 55.3 Å². The highest BCUT2D eigenvalue weighted by molar-refractivity contribution is 5.89. The number of hydrogen-bond donors (Lipinski definition) is 4. The van der Waals surface area contributed by atoms with Crippen LogP contribution in [0.1, 0.15) is 50.1 Å². The van der Waals surface area contributed by atoms with Crippen LogP contribution in [0.25, 0.3) is 0 Å². The SMILES string of the molecule is O=C(Nc1cccnc1)NC1CCCC[C@@H]1C(O)N1CC[C@@H]2[C@H](C3C=CC=CC3)Nc3ccccc3[C@@H]21. The first kappa shape index (κ1) is 24.2. The average molecular weight is 500 g/mol. The fraction of sp³-hybridized carbons (Fsp3) is 0.467. The summed E-state index contributed by atoms with van der Waals surface area (Å²) >= 11 is 0. The molecule has 3 unspecified atom stereocenters. The second-order valence-electron chi connectivity index (χ2n) is 10.9. The maximum Gasteiger partial charge on any atom is 0.319 e. The molecule has 37 heavy (non-hydrogen) atoms. The lowest BCUT2D eigenvalue weighted by Crippen LogP contribution is -2.53. The molecule has 7 heteroatoms. The lowest BCUT2D eigenvalue weighted by molar-refractivity contribution is -0.0719.